The number of amides is 3. The Kier molecular flexibility index (Phi) is 5.07. The summed E-state index contributed by atoms with van der Waals surface area (Å²) >= 11 is 0. The molecule has 0 spiro atoms. The van der Waals surface area contributed by atoms with Crippen LogP contribution >= 0.6 is 0 Å². The van der Waals surface area contributed by atoms with E-state index in [1.165, 1.54) is 5.56 Å². The minimum absolute atomic E-state index is 0.0371. The first kappa shape index (κ1) is 17.5. The Morgan fingerprint density at radius 1 is 1.07 bits per heavy atom. The second-order valence-electron chi connectivity index (χ2n) is 7.03. The van der Waals surface area contributed by atoms with Gasteiger partial charge in [-0.05, 0) is 49.2 Å². The van der Waals surface area contributed by atoms with Gasteiger partial charge in [0.2, 0.25) is 5.91 Å². The monoisotopic (exact) mass is 364 g/mol. The first-order valence-corrected chi connectivity index (χ1v) is 9.45. The van der Waals surface area contributed by atoms with Gasteiger partial charge < -0.3 is 10.6 Å². The van der Waals surface area contributed by atoms with Crippen LogP contribution < -0.4 is 15.5 Å². The van der Waals surface area contributed by atoms with Crippen LogP contribution in [0.2, 0.25) is 0 Å². The van der Waals surface area contributed by atoms with E-state index in [2.05, 4.69) is 27.7 Å². The van der Waals surface area contributed by atoms with Crippen molar-refractivity contribution in [1.82, 2.24) is 10.2 Å². The van der Waals surface area contributed by atoms with E-state index in [0.29, 0.717) is 13.1 Å². The van der Waals surface area contributed by atoms with Crippen LogP contribution in [0.25, 0.3) is 0 Å². The van der Waals surface area contributed by atoms with Crippen molar-refractivity contribution in [3.63, 3.8) is 0 Å². The molecule has 2 aliphatic rings. The maximum absolute atomic E-state index is 12.8. The number of benzene rings is 2. The molecular weight excluding hydrogens is 340 g/mol. The second kappa shape index (κ2) is 7.80. The smallest absolute Gasteiger partial charge is 0.321 e. The highest BCUT2D eigenvalue weighted by Crippen LogP contribution is 2.23. The van der Waals surface area contributed by atoms with Gasteiger partial charge in [-0.25, -0.2) is 4.79 Å². The van der Waals surface area contributed by atoms with Gasteiger partial charge in [0.25, 0.3) is 0 Å². The van der Waals surface area contributed by atoms with Crippen molar-refractivity contribution in [2.45, 2.75) is 25.4 Å². The van der Waals surface area contributed by atoms with Gasteiger partial charge in [0, 0.05) is 31.0 Å². The number of urea groups is 1. The van der Waals surface area contributed by atoms with Gasteiger partial charge in [-0.2, -0.15) is 0 Å². The lowest BCUT2D eigenvalue weighted by molar-refractivity contribution is -0.120. The fourth-order valence-electron chi connectivity index (χ4n) is 3.80. The molecule has 1 atom stereocenters. The number of nitrogens with zero attached hydrogens (tertiary/aromatic N) is 2. The summed E-state index contributed by atoms with van der Waals surface area (Å²) in [6.45, 7) is 3.06. The summed E-state index contributed by atoms with van der Waals surface area (Å²) in [5.41, 5.74) is 2.83. The molecule has 0 radical (unpaired) electrons. The zero-order valence-corrected chi connectivity index (χ0v) is 15.2. The van der Waals surface area contributed by atoms with Gasteiger partial charge in [0.15, 0.2) is 0 Å². The number of hydrogen-bond donors (Lipinski definition) is 2. The number of likely N-dealkylation sites (tertiary alicyclic amines) is 1. The van der Waals surface area contributed by atoms with Crippen LogP contribution in [-0.2, 0) is 11.3 Å². The molecule has 0 aromatic heterocycles. The molecule has 0 saturated carbocycles. The predicted octanol–water partition coefficient (Wildman–Crippen LogP) is 2.82. The van der Waals surface area contributed by atoms with Gasteiger partial charge in [0.05, 0.1) is 6.04 Å². The molecule has 0 bridgehead atoms. The van der Waals surface area contributed by atoms with Crippen LogP contribution in [0.15, 0.2) is 54.6 Å². The maximum atomic E-state index is 12.8. The molecule has 2 aromatic carbocycles. The van der Waals surface area contributed by atoms with Crippen molar-refractivity contribution < 1.29 is 9.59 Å². The lowest BCUT2D eigenvalue weighted by Gasteiger charge is -2.24. The number of rotatable bonds is 5. The Morgan fingerprint density at radius 3 is 2.56 bits per heavy atom. The number of carbonyl (C=O) groups excluding carboxylic acids is 2. The van der Waals surface area contributed by atoms with Crippen LogP contribution in [-0.4, -0.2) is 42.5 Å². The van der Waals surface area contributed by atoms with Crippen molar-refractivity contribution in [2.24, 2.45) is 0 Å². The first-order valence-electron chi connectivity index (χ1n) is 9.45. The quantitative estimate of drug-likeness (QED) is 0.857. The van der Waals surface area contributed by atoms with E-state index in [-0.39, 0.29) is 18.0 Å². The Bertz CT molecular complexity index is 807. The highest BCUT2D eigenvalue weighted by molar-refractivity contribution is 5.96. The molecule has 2 heterocycles. The number of hydrogen-bond acceptors (Lipinski definition) is 3. The molecule has 4 rings (SSSR count). The maximum Gasteiger partial charge on any atom is 0.321 e. The standard InChI is InChI=1S/C21H24N4O2/c26-20(19-7-4-13-24(19)15-16-5-2-1-3-6-16)23-17-8-10-18(11-9-17)25-14-12-22-21(25)27/h1-3,5-6,8-11,19H,4,7,12-15H2,(H,22,27)(H,23,26). The van der Waals surface area contributed by atoms with E-state index in [1.807, 2.05) is 42.5 Å². The molecule has 2 aliphatic heterocycles. The third-order valence-electron chi connectivity index (χ3n) is 5.20. The average Bonchev–Trinajstić information content (AvgIpc) is 3.32. The largest absolute Gasteiger partial charge is 0.336 e. The summed E-state index contributed by atoms with van der Waals surface area (Å²) in [4.78, 5) is 28.5. The van der Waals surface area contributed by atoms with Crippen molar-refractivity contribution in [3.05, 3.63) is 60.2 Å². The summed E-state index contributed by atoms with van der Waals surface area (Å²) in [6.07, 6.45) is 1.92. The molecular formula is C21H24N4O2. The van der Waals surface area contributed by atoms with Crippen molar-refractivity contribution in [1.29, 1.82) is 0 Å². The highest BCUT2D eigenvalue weighted by atomic mass is 16.2. The molecule has 0 aliphatic carbocycles. The van der Waals surface area contributed by atoms with E-state index in [1.54, 1.807) is 4.90 Å². The summed E-state index contributed by atoms with van der Waals surface area (Å²) in [5.74, 6) is 0.0371. The summed E-state index contributed by atoms with van der Waals surface area (Å²) < 4.78 is 0. The molecule has 27 heavy (non-hydrogen) atoms. The summed E-state index contributed by atoms with van der Waals surface area (Å²) in [5, 5.41) is 5.82. The fourth-order valence-corrected chi connectivity index (χ4v) is 3.80. The average molecular weight is 364 g/mol. The van der Waals surface area contributed by atoms with Crippen LogP contribution in [0.4, 0.5) is 16.2 Å². The number of nitrogens with one attached hydrogen (secondary N) is 2. The minimum atomic E-state index is -0.103. The first-order chi connectivity index (χ1) is 13.2. The van der Waals surface area contributed by atoms with Crippen LogP contribution in [0.5, 0.6) is 0 Å². The zero-order chi connectivity index (χ0) is 18.6. The van der Waals surface area contributed by atoms with E-state index >= 15 is 0 Å². The van der Waals surface area contributed by atoms with E-state index in [4.69, 9.17) is 0 Å². The van der Waals surface area contributed by atoms with E-state index < -0.39 is 0 Å². The van der Waals surface area contributed by atoms with E-state index in [0.717, 1.165) is 37.3 Å². The Labute approximate surface area is 159 Å². The minimum Gasteiger partial charge on any atom is -0.336 e. The normalized spacial score (nSPS) is 19.9. The summed E-state index contributed by atoms with van der Waals surface area (Å²) in [6, 6.07) is 17.5. The Hall–Kier alpha value is -2.86. The van der Waals surface area contributed by atoms with E-state index in [9.17, 15) is 9.59 Å². The van der Waals surface area contributed by atoms with Gasteiger partial charge in [0.1, 0.15) is 0 Å². The zero-order valence-electron chi connectivity index (χ0n) is 15.2. The third kappa shape index (κ3) is 3.95. The van der Waals surface area contributed by atoms with Gasteiger partial charge in [-0.1, -0.05) is 30.3 Å². The second-order valence-corrected chi connectivity index (χ2v) is 7.03. The molecule has 6 heteroatoms. The number of carbonyl (C=O) groups is 2. The van der Waals surface area contributed by atoms with Crippen molar-refractivity contribution in [3.8, 4) is 0 Å². The number of anilines is 2. The van der Waals surface area contributed by atoms with Crippen LogP contribution in [0.3, 0.4) is 0 Å². The SMILES string of the molecule is O=C(Nc1ccc(N2CCNC2=O)cc1)C1CCCN1Cc1ccccc1. The fraction of sp³-hybridized carbons (Fsp3) is 0.333. The molecule has 2 saturated heterocycles. The van der Waals surface area contributed by atoms with Crippen molar-refractivity contribution >= 4 is 23.3 Å². The van der Waals surface area contributed by atoms with Crippen LogP contribution in [0, 0.1) is 0 Å². The third-order valence-corrected chi connectivity index (χ3v) is 5.20. The van der Waals surface area contributed by atoms with Gasteiger partial charge in [-0.15, -0.1) is 0 Å². The molecule has 6 nitrogen and oxygen atoms in total. The highest BCUT2D eigenvalue weighted by Gasteiger charge is 2.30. The molecule has 1 unspecified atom stereocenters. The van der Waals surface area contributed by atoms with Crippen molar-refractivity contribution in [2.75, 3.05) is 29.9 Å². The predicted molar refractivity (Wildman–Crippen MR) is 106 cm³/mol. The lowest BCUT2D eigenvalue weighted by atomic mass is 10.1. The Balaban J connectivity index is 1.38. The molecule has 2 N–H and O–H groups in total. The Morgan fingerprint density at radius 2 is 1.85 bits per heavy atom. The topological polar surface area (TPSA) is 64.7 Å². The molecule has 3 amide bonds. The molecule has 140 valence electrons. The summed E-state index contributed by atoms with van der Waals surface area (Å²) in [7, 11) is 0. The van der Waals surface area contributed by atoms with Crippen LogP contribution in [0.1, 0.15) is 18.4 Å². The van der Waals surface area contributed by atoms with Gasteiger partial charge >= 0.3 is 6.03 Å². The lowest BCUT2D eigenvalue weighted by Crippen LogP contribution is -2.39. The molecule has 2 aromatic rings. The van der Waals surface area contributed by atoms with Gasteiger partial charge in [-0.3, -0.25) is 14.6 Å². The molecule has 2 fully saturated rings.